The van der Waals surface area contributed by atoms with Crippen LogP contribution in [0.1, 0.15) is 6.92 Å². The average molecular weight is 136 g/mol. The molecule has 0 aromatic heterocycles. The van der Waals surface area contributed by atoms with Crippen LogP contribution in [0.2, 0.25) is 0 Å². The topological polar surface area (TPSA) is 61.2 Å². The van der Waals surface area contributed by atoms with Gasteiger partial charge in [-0.1, -0.05) is 0 Å². The van der Waals surface area contributed by atoms with Crippen molar-refractivity contribution in [3.63, 3.8) is 0 Å². The molecule has 10 heavy (non-hydrogen) atoms. The highest BCUT2D eigenvalue weighted by molar-refractivity contribution is 6.16. The Morgan fingerprint density at radius 1 is 1.60 bits per heavy atom. The fourth-order valence-corrected chi connectivity index (χ4v) is 0.683. The Labute approximate surface area is 57.3 Å². The number of nitriles is 1. The third-order valence-corrected chi connectivity index (χ3v) is 1.20. The third kappa shape index (κ3) is 0.685. The van der Waals surface area contributed by atoms with Gasteiger partial charge in [0.05, 0.1) is 0 Å². The second-order valence-electron chi connectivity index (χ2n) is 1.91. The first-order valence-electron chi connectivity index (χ1n) is 2.63. The molecule has 4 nitrogen and oxygen atoms in total. The van der Waals surface area contributed by atoms with E-state index in [1.165, 1.54) is 13.1 Å². The molecule has 0 saturated heterocycles. The lowest BCUT2D eigenvalue weighted by Gasteiger charge is -1.98. The average Bonchev–Trinajstić information content (AvgIpc) is 2.09. The summed E-state index contributed by atoms with van der Waals surface area (Å²) in [6.45, 7) is 1.50. The van der Waals surface area contributed by atoms with Gasteiger partial charge in [-0.15, -0.1) is 0 Å². The SMILES string of the molecule is CC1=CC(=O)N(C#N)C1=O. The highest BCUT2D eigenvalue weighted by atomic mass is 16.2. The number of amides is 2. The molecule has 1 aliphatic heterocycles. The third-order valence-electron chi connectivity index (χ3n) is 1.20. The zero-order valence-corrected chi connectivity index (χ0v) is 5.29. The molecule has 0 N–H and O–H groups in total. The van der Waals surface area contributed by atoms with E-state index >= 15 is 0 Å². The van der Waals surface area contributed by atoms with Crippen LogP contribution in [0.3, 0.4) is 0 Å². The quantitative estimate of drug-likeness (QED) is 0.341. The van der Waals surface area contributed by atoms with Crippen molar-refractivity contribution in [3.8, 4) is 6.19 Å². The zero-order valence-electron chi connectivity index (χ0n) is 5.29. The zero-order chi connectivity index (χ0) is 7.72. The van der Waals surface area contributed by atoms with E-state index in [4.69, 9.17) is 5.26 Å². The highest BCUT2D eigenvalue weighted by Crippen LogP contribution is 2.09. The first kappa shape index (κ1) is 6.49. The summed E-state index contributed by atoms with van der Waals surface area (Å²) in [6, 6.07) is 0. The summed E-state index contributed by atoms with van der Waals surface area (Å²) in [5, 5.41) is 8.23. The predicted octanol–water partition coefficient (Wildman–Crippen LogP) is -0.217. The van der Waals surface area contributed by atoms with E-state index < -0.39 is 11.8 Å². The van der Waals surface area contributed by atoms with Crippen LogP contribution in [0.15, 0.2) is 11.6 Å². The molecule has 4 heteroatoms. The summed E-state index contributed by atoms with van der Waals surface area (Å²) in [5.74, 6) is -1.07. The first-order chi connectivity index (χ1) is 4.66. The summed E-state index contributed by atoms with van der Waals surface area (Å²) >= 11 is 0. The molecule has 1 heterocycles. The summed E-state index contributed by atoms with van der Waals surface area (Å²) < 4.78 is 0. The Bertz CT molecular complexity index is 272. The van der Waals surface area contributed by atoms with E-state index in [2.05, 4.69) is 0 Å². The van der Waals surface area contributed by atoms with Gasteiger partial charge in [-0.05, 0) is 6.92 Å². The smallest absolute Gasteiger partial charge is 0.268 e. The van der Waals surface area contributed by atoms with E-state index in [-0.39, 0.29) is 0 Å². The van der Waals surface area contributed by atoms with E-state index in [0.29, 0.717) is 10.5 Å². The molecule has 0 bridgehead atoms. The van der Waals surface area contributed by atoms with Gasteiger partial charge in [0.1, 0.15) is 0 Å². The summed E-state index contributed by atoms with van der Waals surface area (Å²) in [5.41, 5.74) is 0.312. The lowest BCUT2D eigenvalue weighted by Crippen LogP contribution is -2.24. The van der Waals surface area contributed by atoms with Crippen LogP contribution in [-0.4, -0.2) is 16.7 Å². The summed E-state index contributed by atoms with van der Waals surface area (Å²) in [4.78, 5) is 21.9. The fraction of sp³-hybridized carbons (Fsp3) is 0.167. The van der Waals surface area contributed by atoms with Crippen LogP contribution < -0.4 is 0 Å². The van der Waals surface area contributed by atoms with Crippen molar-refractivity contribution in [2.45, 2.75) is 6.92 Å². The number of imide groups is 1. The molecule has 0 spiro atoms. The lowest BCUT2D eigenvalue weighted by molar-refractivity contribution is -0.133. The molecule has 0 fully saturated rings. The van der Waals surface area contributed by atoms with Gasteiger partial charge in [0.25, 0.3) is 11.8 Å². The molecule has 50 valence electrons. The number of rotatable bonds is 0. The molecule has 1 rings (SSSR count). The van der Waals surface area contributed by atoms with Crippen LogP contribution in [0.5, 0.6) is 0 Å². The molecule has 2 amide bonds. The molecule has 0 aliphatic carbocycles. The van der Waals surface area contributed by atoms with Crippen molar-refractivity contribution in [1.29, 1.82) is 5.26 Å². The standard InChI is InChI=1S/C6H4N2O2/c1-4-2-5(9)8(3-7)6(4)10/h2H,1H3. The largest absolute Gasteiger partial charge is 0.270 e. The molecule has 0 radical (unpaired) electrons. The second-order valence-corrected chi connectivity index (χ2v) is 1.91. The molecular weight excluding hydrogens is 132 g/mol. The predicted molar refractivity (Wildman–Crippen MR) is 31.2 cm³/mol. The van der Waals surface area contributed by atoms with E-state index in [1.54, 1.807) is 0 Å². The summed E-state index contributed by atoms with van der Waals surface area (Å²) in [7, 11) is 0. The minimum Gasteiger partial charge on any atom is -0.268 e. The first-order valence-corrected chi connectivity index (χ1v) is 2.63. The Hall–Kier alpha value is -1.63. The van der Waals surface area contributed by atoms with E-state index in [1.807, 2.05) is 0 Å². The monoisotopic (exact) mass is 136 g/mol. The van der Waals surface area contributed by atoms with Gasteiger partial charge in [0.2, 0.25) is 0 Å². The van der Waals surface area contributed by atoms with Gasteiger partial charge in [-0.2, -0.15) is 10.2 Å². The van der Waals surface area contributed by atoms with Crippen LogP contribution in [0.25, 0.3) is 0 Å². The highest BCUT2D eigenvalue weighted by Gasteiger charge is 2.27. The van der Waals surface area contributed by atoms with Gasteiger partial charge in [-0.25, -0.2) is 0 Å². The van der Waals surface area contributed by atoms with E-state index in [0.717, 1.165) is 6.08 Å². The molecule has 1 aliphatic rings. The maximum atomic E-state index is 10.8. The van der Waals surface area contributed by atoms with Crippen molar-refractivity contribution >= 4 is 11.8 Å². The van der Waals surface area contributed by atoms with Crippen molar-refractivity contribution < 1.29 is 9.59 Å². The van der Waals surface area contributed by atoms with Gasteiger partial charge in [0.15, 0.2) is 6.19 Å². The maximum Gasteiger partial charge on any atom is 0.270 e. The van der Waals surface area contributed by atoms with Crippen LogP contribution in [-0.2, 0) is 9.59 Å². The van der Waals surface area contributed by atoms with Crippen molar-refractivity contribution in [1.82, 2.24) is 4.90 Å². The van der Waals surface area contributed by atoms with Crippen LogP contribution in [0.4, 0.5) is 0 Å². The molecule has 0 saturated carbocycles. The Balaban J connectivity index is 3.00. The maximum absolute atomic E-state index is 10.8. The molecular formula is C6H4N2O2. The Morgan fingerprint density at radius 2 is 2.20 bits per heavy atom. The van der Waals surface area contributed by atoms with Crippen molar-refractivity contribution in [2.24, 2.45) is 0 Å². The van der Waals surface area contributed by atoms with Crippen molar-refractivity contribution in [2.75, 3.05) is 0 Å². The summed E-state index contributed by atoms with van der Waals surface area (Å²) in [6.07, 6.45) is 2.62. The van der Waals surface area contributed by atoms with Crippen molar-refractivity contribution in [3.05, 3.63) is 11.6 Å². The number of carbonyl (C=O) groups is 2. The van der Waals surface area contributed by atoms with Gasteiger partial charge in [-0.3, -0.25) is 9.59 Å². The van der Waals surface area contributed by atoms with E-state index in [9.17, 15) is 9.59 Å². The number of carbonyl (C=O) groups excluding carboxylic acids is 2. The minimum atomic E-state index is -0.551. The van der Waals surface area contributed by atoms with Crippen LogP contribution >= 0.6 is 0 Å². The van der Waals surface area contributed by atoms with Gasteiger partial charge < -0.3 is 0 Å². The normalized spacial score (nSPS) is 17.2. The van der Waals surface area contributed by atoms with Crippen LogP contribution in [0, 0.1) is 11.5 Å². The molecule has 0 unspecified atom stereocenters. The Morgan fingerprint density at radius 3 is 2.40 bits per heavy atom. The number of hydrogen-bond donors (Lipinski definition) is 0. The minimum absolute atomic E-state index is 0.312. The lowest BCUT2D eigenvalue weighted by atomic mass is 10.3. The van der Waals surface area contributed by atoms with Gasteiger partial charge in [0, 0.05) is 11.6 Å². The number of nitrogens with zero attached hydrogens (tertiary/aromatic N) is 2. The number of hydrogen-bond acceptors (Lipinski definition) is 3. The fourth-order valence-electron chi connectivity index (χ4n) is 0.683. The Kier molecular flexibility index (Phi) is 1.27. The molecule has 0 aromatic carbocycles. The van der Waals surface area contributed by atoms with Gasteiger partial charge >= 0.3 is 0 Å². The molecule has 0 atom stereocenters. The second kappa shape index (κ2) is 1.95. The molecule has 0 aromatic rings.